The van der Waals surface area contributed by atoms with E-state index in [1.165, 1.54) is 25.1 Å². The fraction of sp³-hybridized carbons (Fsp3) is 0.516. The van der Waals surface area contributed by atoms with Crippen LogP contribution < -0.4 is 10.7 Å². The number of benzene rings is 2. The van der Waals surface area contributed by atoms with Crippen molar-refractivity contribution in [2.75, 3.05) is 26.3 Å². The molecule has 3 aromatic rings. The van der Waals surface area contributed by atoms with Crippen molar-refractivity contribution in [1.82, 2.24) is 10.2 Å². The normalized spacial score (nSPS) is 31.1. The summed E-state index contributed by atoms with van der Waals surface area (Å²) in [6.45, 7) is -0.258. The molecule has 2 fully saturated rings. The Bertz CT molecular complexity index is 1630. The van der Waals surface area contributed by atoms with Crippen LogP contribution in [0.25, 0.3) is 21.9 Å². The minimum Gasteiger partial charge on any atom is -0.456 e. The molecule has 10 atom stereocenters. The lowest BCUT2D eigenvalue weighted by Gasteiger charge is -2.48. The molecule has 0 saturated carbocycles. The zero-order chi connectivity index (χ0) is 34.0. The van der Waals surface area contributed by atoms with Crippen molar-refractivity contribution in [3.63, 3.8) is 0 Å². The maximum absolute atomic E-state index is 12.9. The Kier molecular flexibility index (Phi) is 10.9. The van der Waals surface area contributed by atoms with E-state index in [1.807, 2.05) is 0 Å². The predicted molar refractivity (Wildman–Crippen MR) is 161 cm³/mol. The molecule has 2 aliphatic rings. The Labute approximate surface area is 267 Å². The van der Waals surface area contributed by atoms with Gasteiger partial charge in [0.2, 0.25) is 11.3 Å². The summed E-state index contributed by atoms with van der Waals surface area (Å²) in [5.41, 5.74) is 0.703. The lowest BCUT2D eigenvalue weighted by molar-refractivity contribution is -0.347. The molecule has 0 aliphatic carbocycles. The van der Waals surface area contributed by atoms with Gasteiger partial charge in [-0.2, -0.15) is 0 Å². The van der Waals surface area contributed by atoms with Crippen LogP contribution >= 0.6 is 0 Å². The molecule has 1 aromatic heterocycles. The number of nitrogens with one attached hydrogen (secondary N) is 1. The summed E-state index contributed by atoms with van der Waals surface area (Å²) in [4.78, 5) is 39.5. The van der Waals surface area contributed by atoms with Crippen LogP contribution in [0.3, 0.4) is 0 Å². The highest BCUT2D eigenvalue weighted by atomic mass is 16.7. The van der Waals surface area contributed by atoms with Gasteiger partial charge in [-0.05, 0) is 36.8 Å². The molecule has 47 heavy (non-hydrogen) atoms. The molecular weight excluding hydrogens is 624 g/mol. The molecule has 256 valence electrons. The maximum atomic E-state index is 12.9. The largest absolute Gasteiger partial charge is 0.456 e. The van der Waals surface area contributed by atoms with Crippen molar-refractivity contribution in [1.29, 1.82) is 0 Å². The van der Waals surface area contributed by atoms with Crippen molar-refractivity contribution in [3.05, 3.63) is 58.3 Å². The summed E-state index contributed by atoms with van der Waals surface area (Å²) in [5.74, 6) is -1.03. The van der Waals surface area contributed by atoms with E-state index < -0.39 is 86.4 Å². The van der Waals surface area contributed by atoms with Gasteiger partial charge in [0.15, 0.2) is 12.5 Å². The molecule has 8 N–H and O–H groups in total. The molecular formula is C31H38N2O14. The van der Waals surface area contributed by atoms with Crippen LogP contribution in [-0.4, -0.2) is 140 Å². The first-order chi connectivity index (χ1) is 22.5. The van der Waals surface area contributed by atoms with Crippen LogP contribution in [0.2, 0.25) is 0 Å². The van der Waals surface area contributed by atoms with Crippen LogP contribution in [0.15, 0.2) is 51.7 Å². The van der Waals surface area contributed by atoms with Crippen molar-refractivity contribution >= 4 is 33.8 Å². The van der Waals surface area contributed by atoms with E-state index in [9.17, 15) is 50.1 Å². The number of hydrogen-bond acceptors (Lipinski definition) is 14. The standard InChI is InChI=1S/C31H38N2O14/c1-14(36)33(10-4-9-32-29(43)15-7-8-19-17(11-15)22(37)16-5-2-3-6-18(16)44-19)30-26(41)25(40)28(21(13-35)45-30)47-31-27(42)24(39)23(38)20(12-34)46-31/h2-3,5-8,11,20-21,23-28,30-31,34-35,38-42H,4,9-10,12-13H2,1H3,(H,32,43). The van der Waals surface area contributed by atoms with Gasteiger partial charge in [0.05, 0.1) is 24.0 Å². The van der Waals surface area contributed by atoms with Crippen LogP contribution in [0.5, 0.6) is 0 Å². The quantitative estimate of drug-likeness (QED) is 0.0829. The minimum absolute atomic E-state index is 0.0479. The Morgan fingerprint density at radius 1 is 0.851 bits per heavy atom. The summed E-state index contributed by atoms with van der Waals surface area (Å²) < 4.78 is 22.4. The molecule has 0 radical (unpaired) electrons. The Morgan fingerprint density at radius 3 is 2.26 bits per heavy atom. The highest BCUT2D eigenvalue weighted by molar-refractivity contribution is 5.99. The molecule has 16 nitrogen and oxygen atoms in total. The van der Waals surface area contributed by atoms with Gasteiger partial charge in [-0.25, -0.2) is 0 Å². The van der Waals surface area contributed by atoms with Crippen molar-refractivity contribution in [2.45, 2.75) is 74.7 Å². The second-order valence-electron chi connectivity index (χ2n) is 11.5. The Balaban J connectivity index is 1.20. The third-order valence-corrected chi connectivity index (χ3v) is 8.39. The smallest absolute Gasteiger partial charge is 0.251 e. The average Bonchev–Trinajstić information content (AvgIpc) is 3.07. The minimum atomic E-state index is -1.81. The van der Waals surface area contributed by atoms with Gasteiger partial charge < -0.3 is 64.6 Å². The Morgan fingerprint density at radius 2 is 1.55 bits per heavy atom. The van der Waals surface area contributed by atoms with Crippen LogP contribution in [0.4, 0.5) is 0 Å². The molecule has 2 amide bonds. The van der Waals surface area contributed by atoms with Crippen molar-refractivity contribution in [3.8, 4) is 0 Å². The summed E-state index contributed by atoms with van der Waals surface area (Å²) in [5, 5.41) is 75.0. The molecule has 10 unspecified atom stereocenters. The second-order valence-corrected chi connectivity index (χ2v) is 11.5. The van der Waals surface area contributed by atoms with Gasteiger partial charge in [0, 0.05) is 25.6 Å². The monoisotopic (exact) mass is 662 g/mol. The fourth-order valence-corrected chi connectivity index (χ4v) is 5.79. The van der Waals surface area contributed by atoms with E-state index in [0.717, 1.165) is 4.90 Å². The molecule has 2 aliphatic heterocycles. The van der Waals surface area contributed by atoms with E-state index >= 15 is 0 Å². The molecule has 0 spiro atoms. The first-order valence-corrected chi connectivity index (χ1v) is 15.1. The number of fused-ring (bicyclic) bond motifs is 2. The fourth-order valence-electron chi connectivity index (χ4n) is 5.79. The number of hydrogen-bond donors (Lipinski definition) is 8. The molecule has 2 saturated heterocycles. The second kappa shape index (κ2) is 14.7. The van der Waals surface area contributed by atoms with Gasteiger partial charge in [-0.3, -0.25) is 14.4 Å². The summed E-state index contributed by atoms with van der Waals surface area (Å²) >= 11 is 0. The number of rotatable bonds is 10. The summed E-state index contributed by atoms with van der Waals surface area (Å²) in [6.07, 6.45) is -15.9. The topological polar surface area (TPSA) is 249 Å². The SMILES string of the molecule is CC(=O)N(CCCNC(=O)c1ccc2oc3ccccc3c(=O)c2c1)C1OC(CO)C(OC2OC(CO)C(O)C(O)C2O)C(O)C1O. The van der Waals surface area contributed by atoms with E-state index in [1.54, 1.807) is 24.3 Å². The van der Waals surface area contributed by atoms with Crippen LogP contribution in [-0.2, 0) is 19.0 Å². The van der Waals surface area contributed by atoms with E-state index in [2.05, 4.69) is 5.32 Å². The van der Waals surface area contributed by atoms with Gasteiger partial charge in [-0.1, -0.05) is 12.1 Å². The first-order valence-electron chi connectivity index (χ1n) is 15.1. The third-order valence-electron chi connectivity index (χ3n) is 8.39. The molecule has 5 rings (SSSR count). The van der Waals surface area contributed by atoms with Crippen LogP contribution in [0, 0.1) is 0 Å². The average molecular weight is 663 g/mol. The maximum Gasteiger partial charge on any atom is 0.251 e. The number of amides is 2. The summed E-state index contributed by atoms with van der Waals surface area (Å²) in [7, 11) is 0. The lowest BCUT2D eigenvalue weighted by atomic mass is 9.96. The van der Waals surface area contributed by atoms with Gasteiger partial charge >= 0.3 is 0 Å². The zero-order valence-corrected chi connectivity index (χ0v) is 25.3. The zero-order valence-electron chi connectivity index (χ0n) is 25.3. The molecule has 3 heterocycles. The van der Waals surface area contributed by atoms with Crippen molar-refractivity contribution < 1.29 is 64.0 Å². The van der Waals surface area contributed by atoms with Gasteiger partial charge in [-0.15, -0.1) is 0 Å². The van der Waals surface area contributed by atoms with Gasteiger partial charge in [0.1, 0.15) is 60.0 Å². The van der Waals surface area contributed by atoms with E-state index in [-0.39, 0.29) is 35.9 Å². The predicted octanol–water partition coefficient (Wildman–Crippen LogP) is -2.46. The first kappa shape index (κ1) is 34.8. The molecule has 2 aromatic carbocycles. The number of para-hydroxylation sites is 1. The number of nitrogens with zero attached hydrogens (tertiary/aromatic N) is 1. The number of carbonyl (C=O) groups is 2. The number of aliphatic hydroxyl groups excluding tert-OH is 7. The third kappa shape index (κ3) is 7.02. The Hall–Kier alpha value is -3.55. The van der Waals surface area contributed by atoms with E-state index in [0.29, 0.717) is 16.6 Å². The lowest BCUT2D eigenvalue weighted by Crippen LogP contribution is -2.67. The highest BCUT2D eigenvalue weighted by Gasteiger charge is 2.51. The van der Waals surface area contributed by atoms with Crippen LogP contribution in [0.1, 0.15) is 23.7 Å². The number of carbonyl (C=O) groups excluding carboxylic acids is 2. The number of ether oxygens (including phenoxy) is 3. The van der Waals surface area contributed by atoms with E-state index in [4.69, 9.17) is 18.6 Å². The highest BCUT2D eigenvalue weighted by Crippen LogP contribution is 2.30. The molecule has 16 heteroatoms. The van der Waals surface area contributed by atoms with Gasteiger partial charge in [0.25, 0.3) is 5.91 Å². The molecule has 0 bridgehead atoms. The van der Waals surface area contributed by atoms with Crippen molar-refractivity contribution in [2.24, 2.45) is 0 Å². The summed E-state index contributed by atoms with van der Waals surface area (Å²) in [6, 6.07) is 11.3. The number of aliphatic hydroxyl groups is 7.